The third-order valence-corrected chi connectivity index (χ3v) is 5.72. The van der Waals surface area contributed by atoms with Gasteiger partial charge < -0.3 is 19.7 Å². The fourth-order valence-corrected chi connectivity index (χ4v) is 3.89. The van der Waals surface area contributed by atoms with Crippen LogP contribution < -0.4 is 10.2 Å². The Kier molecular flexibility index (Phi) is 7.63. The molecule has 2 atom stereocenters. The van der Waals surface area contributed by atoms with Gasteiger partial charge in [0.1, 0.15) is 18.1 Å². The molecule has 0 saturated carbocycles. The smallest absolute Gasteiger partial charge is 0.270 e. The maximum absolute atomic E-state index is 11.8. The van der Waals surface area contributed by atoms with Gasteiger partial charge in [-0.1, -0.05) is 0 Å². The van der Waals surface area contributed by atoms with Gasteiger partial charge in [0, 0.05) is 44.3 Å². The number of aromatic nitrogens is 1. The van der Waals surface area contributed by atoms with Crippen molar-refractivity contribution in [1.82, 2.24) is 4.37 Å². The molecule has 11 nitrogen and oxygen atoms in total. The largest absolute Gasteiger partial charge is 0.362 e. The number of nitrogens with zero attached hydrogens (tertiary/aromatic N) is 5. The summed E-state index contributed by atoms with van der Waals surface area (Å²) in [5.74, 6) is -0.270. The Morgan fingerprint density at radius 3 is 2.45 bits per heavy atom. The highest BCUT2D eigenvalue weighted by Crippen LogP contribution is 2.37. The van der Waals surface area contributed by atoms with Gasteiger partial charge in [-0.25, -0.2) is 0 Å². The molecule has 3 aromatic rings. The first-order valence-electron chi connectivity index (χ1n) is 9.96. The van der Waals surface area contributed by atoms with Crippen molar-refractivity contribution in [2.75, 3.05) is 24.4 Å². The van der Waals surface area contributed by atoms with E-state index in [2.05, 4.69) is 19.9 Å². The second-order valence-corrected chi connectivity index (χ2v) is 7.86. The minimum atomic E-state index is -0.473. The summed E-state index contributed by atoms with van der Waals surface area (Å²) in [6, 6.07) is 9.68. The molecule has 0 radical (unpaired) electrons. The van der Waals surface area contributed by atoms with E-state index in [0.29, 0.717) is 27.3 Å². The summed E-state index contributed by atoms with van der Waals surface area (Å²) in [4.78, 5) is 24.4. The lowest BCUT2D eigenvalue weighted by atomic mass is 10.2. The van der Waals surface area contributed by atoms with Crippen LogP contribution in [0, 0.1) is 10.1 Å². The number of ether oxygens (including phenoxy) is 2. The van der Waals surface area contributed by atoms with Gasteiger partial charge in [-0.05, 0) is 49.6 Å². The van der Waals surface area contributed by atoms with Gasteiger partial charge in [-0.15, -0.1) is 10.2 Å². The van der Waals surface area contributed by atoms with Gasteiger partial charge in [-0.3, -0.25) is 14.9 Å². The number of nitro groups is 1. The van der Waals surface area contributed by atoms with Crippen LogP contribution in [0.1, 0.15) is 20.8 Å². The van der Waals surface area contributed by atoms with Crippen molar-refractivity contribution in [1.29, 1.82) is 0 Å². The highest BCUT2D eigenvalue weighted by molar-refractivity contribution is 7.11. The molecule has 0 bridgehead atoms. The quantitative estimate of drug-likeness (QED) is 0.192. The molecule has 1 amide bonds. The van der Waals surface area contributed by atoms with Gasteiger partial charge in [-0.2, -0.15) is 4.37 Å². The Hall–Kier alpha value is -3.48. The van der Waals surface area contributed by atoms with Crippen molar-refractivity contribution in [3.05, 3.63) is 46.5 Å². The van der Waals surface area contributed by atoms with Crippen LogP contribution in [0.25, 0.3) is 10.9 Å². The Labute approximate surface area is 194 Å². The molecule has 0 aliphatic rings. The number of nitro benzene ring substituents is 1. The Morgan fingerprint density at radius 2 is 1.85 bits per heavy atom. The van der Waals surface area contributed by atoms with Crippen LogP contribution in [-0.2, 0) is 14.3 Å². The molecule has 1 aromatic heterocycles. The first kappa shape index (κ1) is 24.2. The Morgan fingerprint density at radius 1 is 1.15 bits per heavy atom. The lowest BCUT2D eigenvalue weighted by molar-refractivity contribution is -0.384. The van der Waals surface area contributed by atoms with Gasteiger partial charge >= 0.3 is 0 Å². The number of rotatable bonds is 9. The fraction of sp³-hybridized carbons (Fsp3) is 0.333. The minimum absolute atomic E-state index is 0.0537. The molecular formula is C21H24N6O5S. The molecule has 2 unspecified atom stereocenters. The van der Waals surface area contributed by atoms with Gasteiger partial charge in [0.2, 0.25) is 5.91 Å². The van der Waals surface area contributed by atoms with E-state index in [0.717, 1.165) is 17.2 Å². The highest BCUT2D eigenvalue weighted by Gasteiger charge is 2.21. The number of benzene rings is 2. The van der Waals surface area contributed by atoms with Crippen LogP contribution in [0.5, 0.6) is 0 Å². The van der Waals surface area contributed by atoms with Crippen LogP contribution in [0.4, 0.5) is 27.8 Å². The van der Waals surface area contributed by atoms with Gasteiger partial charge in [0.15, 0.2) is 5.00 Å². The predicted molar refractivity (Wildman–Crippen MR) is 127 cm³/mol. The predicted octanol–water partition coefficient (Wildman–Crippen LogP) is 5.37. The van der Waals surface area contributed by atoms with E-state index in [1.807, 2.05) is 24.8 Å². The van der Waals surface area contributed by atoms with E-state index in [1.165, 1.54) is 19.1 Å². The summed E-state index contributed by atoms with van der Waals surface area (Å²) < 4.78 is 15.2. The molecule has 2 aromatic carbocycles. The molecule has 3 rings (SSSR count). The maximum atomic E-state index is 11.8. The van der Waals surface area contributed by atoms with E-state index in [-0.39, 0.29) is 24.1 Å². The molecule has 0 aliphatic heterocycles. The van der Waals surface area contributed by atoms with E-state index >= 15 is 0 Å². The number of anilines is 2. The number of non-ortho nitro benzene ring substituents is 1. The standard InChI is InChI=1S/C21H24N6O5S/c1-12(28)22-20-11-15(26(13(2)31-4)14(3)32-5)6-9-19(20)23-24-21-17-10-16(27(29)30)7-8-18(17)25-33-21/h6-11,13-14H,1-5H3,(H,22,28). The first-order chi connectivity index (χ1) is 15.7. The highest BCUT2D eigenvalue weighted by atomic mass is 32.1. The van der Waals surface area contributed by atoms with E-state index in [1.54, 1.807) is 32.4 Å². The average Bonchev–Trinajstić information content (AvgIpc) is 3.20. The second kappa shape index (κ2) is 10.4. The van der Waals surface area contributed by atoms with E-state index < -0.39 is 4.92 Å². The topological polar surface area (TPSA) is 132 Å². The first-order valence-corrected chi connectivity index (χ1v) is 10.7. The van der Waals surface area contributed by atoms with E-state index in [4.69, 9.17) is 9.47 Å². The van der Waals surface area contributed by atoms with Crippen molar-refractivity contribution in [2.45, 2.75) is 33.2 Å². The molecule has 174 valence electrons. The zero-order chi connectivity index (χ0) is 24.1. The molecule has 12 heteroatoms. The summed E-state index contributed by atoms with van der Waals surface area (Å²) in [5, 5.41) is 23.4. The third-order valence-electron chi connectivity index (χ3n) is 4.96. The number of carbonyl (C=O) groups is 1. The maximum Gasteiger partial charge on any atom is 0.270 e. The minimum Gasteiger partial charge on any atom is -0.362 e. The van der Waals surface area contributed by atoms with Crippen molar-refractivity contribution in [3.8, 4) is 0 Å². The lowest BCUT2D eigenvalue weighted by Gasteiger charge is -2.35. The van der Waals surface area contributed by atoms with Crippen LogP contribution in [-0.4, -0.2) is 41.9 Å². The molecule has 0 fully saturated rings. The monoisotopic (exact) mass is 472 g/mol. The Bertz CT molecular complexity index is 1190. The Balaban J connectivity index is 2.01. The molecule has 33 heavy (non-hydrogen) atoms. The zero-order valence-corrected chi connectivity index (χ0v) is 19.6. The summed E-state index contributed by atoms with van der Waals surface area (Å²) in [5.41, 5.74) is 2.15. The third kappa shape index (κ3) is 5.48. The molecule has 1 heterocycles. The van der Waals surface area contributed by atoms with Gasteiger partial charge in [0.05, 0.1) is 16.1 Å². The second-order valence-electron chi connectivity index (χ2n) is 7.11. The number of hydrogen-bond acceptors (Lipinski definition) is 10. The molecule has 0 saturated heterocycles. The number of carbonyl (C=O) groups excluding carboxylic acids is 1. The number of fused-ring (bicyclic) bond motifs is 1. The van der Waals surface area contributed by atoms with E-state index in [9.17, 15) is 14.9 Å². The summed E-state index contributed by atoms with van der Waals surface area (Å²) in [6.07, 6.45) is -0.589. The van der Waals surface area contributed by atoms with Crippen molar-refractivity contribution < 1.29 is 19.2 Å². The number of amides is 1. The number of nitrogens with one attached hydrogen (secondary N) is 1. The summed E-state index contributed by atoms with van der Waals surface area (Å²) in [6.45, 7) is 5.17. The number of methoxy groups -OCH3 is 2. The zero-order valence-electron chi connectivity index (χ0n) is 18.8. The van der Waals surface area contributed by atoms with Crippen LogP contribution in [0.15, 0.2) is 46.6 Å². The van der Waals surface area contributed by atoms with Crippen molar-refractivity contribution >= 4 is 56.1 Å². The fourth-order valence-electron chi connectivity index (χ4n) is 3.21. The van der Waals surface area contributed by atoms with Gasteiger partial charge in [0.25, 0.3) is 5.69 Å². The summed E-state index contributed by atoms with van der Waals surface area (Å²) >= 11 is 1.08. The van der Waals surface area contributed by atoms with Crippen LogP contribution in [0.2, 0.25) is 0 Å². The number of azo groups is 1. The molecule has 0 spiro atoms. The van der Waals surface area contributed by atoms with Crippen molar-refractivity contribution in [3.63, 3.8) is 0 Å². The lowest BCUT2D eigenvalue weighted by Crippen LogP contribution is -2.42. The average molecular weight is 473 g/mol. The van der Waals surface area contributed by atoms with Crippen LogP contribution >= 0.6 is 11.5 Å². The summed E-state index contributed by atoms with van der Waals surface area (Å²) in [7, 11) is 3.20. The van der Waals surface area contributed by atoms with Crippen LogP contribution in [0.3, 0.4) is 0 Å². The molecular weight excluding hydrogens is 448 g/mol. The van der Waals surface area contributed by atoms with Crippen molar-refractivity contribution in [2.24, 2.45) is 10.2 Å². The normalized spacial score (nSPS) is 13.2. The molecule has 0 aliphatic carbocycles. The molecule has 1 N–H and O–H groups in total. The SMILES string of the molecule is COC(C)N(c1ccc(N=Nc2snc3ccc([N+](=O)[O-])cc23)c(NC(C)=O)c1)C(C)OC. The number of hydrogen-bond donors (Lipinski definition) is 1.